The largest absolute Gasteiger partial charge is 0.379 e. The molecule has 0 fully saturated rings. The van der Waals surface area contributed by atoms with E-state index < -0.39 is 10.0 Å². The Kier molecular flexibility index (Phi) is 23.2. The Balaban J connectivity index is 3.41. The molecule has 0 radical (unpaired) electrons. The van der Waals surface area contributed by atoms with Crippen molar-refractivity contribution < 1.29 is 17.9 Å². The van der Waals surface area contributed by atoms with E-state index in [-0.39, 0.29) is 18.4 Å². The lowest BCUT2D eigenvalue weighted by molar-refractivity contribution is 0.0106. The molecule has 0 saturated carbocycles. The van der Waals surface area contributed by atoms with E-state index in [4.69, 9.17) is 9.47 Å². The number of rotatable bonds is 24. The molecule has 5 nitrogen and oxygen atoms in total. The van der Waals surface area contributed by atoms with Crippen molar-refractivity contribution in [1.82, 2.24) is 4.72 Å². The van der Waals surface area contributed by atoms with E-state index in [0.29, 0.717) is 13.0 Å². The fourth-order valence-electron chi connectivity index (χ4n) is 3.36. The van der Waals surface area contributed by atoms with Crippen molar-refractivity contribution in [2.75, 3.05) is 37.0 Å². The zero-order valence-electron chi connectivity index (χ0n) is 19.6. The van der Waals surface area contributed by atoms with Gasteiger partial charge in [-0.1, -0.05) is 113 Å². The van der Waals surface area contributed by atoms with E-state index in [0.717, 1.165) is 17.5 Å². The summed E-state index contributed by atoms with van der Waals surface area (Å²) in [5.41, 5.74) is 0. The second-order valence-electron chi connectivity index (χ2n) is 8.24. The highest BCUT2D eigenvalue weighted by molar-refractivity contribution is 14.1. The van der Waals surface area contributed by atoms with Gasteiger partial charge in [-0.05, 0) is 12.8 Å². The third-order valence-corrected chi connectivity index (χ3v) is 7.55. The predicted octanol–water partition coefficient (Wildman–Crippen LogP) is 6.24. The van der Waals surface area contributed by atoms with Crippen LogP contribution in [0.4, 0.5) is 0 Å². The van der Waals surface area contributed by atoms with Crippen LogP contribution in [0.3, 0.4) is 0 Å². The number of ether oxygens (including phenoxy) is 2. The van der Waals surface area contributed by atoms with Gasteiger partial charge in [-0.2, -0.15) is 0 Å². The van der Waals surface area contributed by atoms with Crippen LogP contribution in [-0.4, -0.2) is 51.6 Å². The van der Waals surface area contributed by atoms with E-state index in [1.807, 2.05) is 0 Å². The molecule has 0 saturated heterocycles. The van der Waals surface area contributed by atoms with Crippen LogP contribution in [0.2, 0.25) is 0 Å². The van der Waals surface area contributed by atoms with Gasteiger partial charge >= 0.3 is 0 Å². The summed E-state index contributed by atoms with van der Waals surface area (Å²) in [6.07, 6.45) is 19.3. The highest BCUT2D eigenvalue weighted by Crippen LogP contribution is 2.13. The molecular weight excluding hydrogens is 513 g/mol. The first-order chi connectivity index (χ1) is 14.6. The minimum Gasteiger partial charge on any atom is -0.379 e. The molecule has 0 aromatic carbocycles. The molecular formula is C23H48INO4S. The third kappa shape index (κ3) is 21.8. The summed E-state index contributed by atoms with van der Waals surface area (Å²) < 4.78 is 38.1. The van der Waals surface area contributed by atoms with Crippen molar-refractivity contribution in [3.05, 3.63) is 0 Å². The molecule has 0 aliphatic rings. The highest BCUT2D eigenvalue weighted by Gasteiger charge is 2.14. The van der Waals surface area contributed by atoms with Gasteiger partial charge in [0, 0.05) is 24.7 Å². The van der Waals surface area contributed by atoms with Gasteiger partial charge in [0.05, 0.1) is 18.5 Å². The van der Waals surface area contributed by atoms with Crippen LogP contribution in [0.1, 0.15) is 103 Å². The molecule has 0 aliphatic carbocycles. The Morgan fingerprint density at radius 2 is 1.30 bits per heavy atom. The Morgan fingerprint density at radius 3 is 1.77 bits per heavy atom. The van der Waals surface area contributed by atoms with Gasteiger partial charge in [0.2, 0.25) is 10.0 Å². The molecule has 0 heterocycles. The fraction of sp³-hybridized carbons (Fsp3) is 1.00. The number of alkyl halides is 1. The van der Waals surface area contributed by atoms with E-state index in [2.05, 4.69) is 34.2 Å². The normalized spacial score (nSPS) is 13.0. The van der Waals surface area contributed by atoms with Crippen LogP contribution in [-0.2, 0) is 19.5 Å². The number of nitrogens with one attached hydrogen (secondary N) is 1. The van der Waals surface area contributed by atoms with Crippen LogP contribution in [0.25, 0.3) is 0 Å². The Bertz CT molecular complexity index is 448. The summed E-state index contributed by atoms with van der Waals surface area (Å²) in [5, 5.41) is 0. The standard InChI is InChI=1S/C23H48INO4S/c1-3-4-5-6-7-8-9-10-11-12-13-14-15-16-19-29-22-23(28-2)21-25-30(26,27)20-17-18-24/h23,25H,3-22H2,1-2H3. The smallest absolute Gasteiger partial charge is 0.211 e. The van der Waals surface area contributed by atoms with Crippen molar-refractivity contribution in [2.24, 2.45) is 0 Å². The summed E-state index contributed by atoms with van der Waals surface area (Å²) in [6.45, 7) is 3.71. The van der Waals surface area contributed by atoms with Gasteiger partial charge < -0.3 is 9.47 Å². The lowest BCUT2D eigenvalue weighted by atomic mass is 10.0. The summed E-state index contributed by atoms with van der Waals surface area (Å²) >= 11 is 2.19. The van der Waals surface area contributed by atoms with Crippen molar-refractivity contribution in [3.63, 3.8) is 0 Å². The van der Waals surface area contributed by atoms with Gasteiger partial charge in [-0.3, -0.25) is 0 Å². The number of unbranched alkanes of at least 4 members (excludes halogenated alkanes) is 13. The Labute approximate surface area is 201 Å². The SMILES string of the molecule is CCCCCCCCCCCCCCCCOCC(CNS(=O)(=O)CCCI)OC. The van der Waals surface area contributed by atoms with Crippen LogP contribution in [0, 0.1) is 0 Å². The Hall–Kier alpha value is 0.560. The number of sulfonamides is 1. The van der Waals surface area contributed by atoms with E-state index in [1.165, 1.54) is 83.5 Å². The molecule has 0 bridgehead atoms. The molecule has 0 spiro atoms. The number of methoxy groups -OCH3 is 1. The molecule has 1 unspecified atom stereocenters. The molecule has 0 aromatic rings. The number of halogens is 1. The monoisotopic (exact) mass is 561 g/mol. The predicted molar refractivity (Wildman–Crippen MR) is 137 cm³/mol. The maximum atomic E-state index is 11.8. The molecule has 1 atom stereocenters. The molecule has 1 N–H and O–H groups in total. The first kappa shape index (κ1) is 30.6. The van der Waals surface area contributed by atoms with Gasteiger partial charge in [0.15, 0.2) is 0 Å². The highest BCUT2D eigenvalue weighted by atomic mass is 127. The average Bonchev–Trinajstić information content (AvgIpc) is 2.74. The van der Waals surface area contributed by atoms with Crippen LogP contribution < -0.4 is 4.72 Å². The van der Waals surface area contributed by atoms with Crippen LogP contribution in [0.5, 0.6) is 0 Å². The summed E-state index contributed by atoms with van der Waals surface area (Å²) in [5.74, 6) is 0.173. The van der Waals surface area contributed by atoms with Gasteiger partial charge in [0.25, 0.3) is 0 Å². The molecule has 182 valence electrons. The lowest BCUT2D eigenvalue weighted by Gasteiger charge is -2.16. The molecule has 0 aliphatic heterocycles. The van der Waals surface area contributed by atoms with Crippen molar-refractivity contribution >= 4 is 32.6 Å². The van der Waals surface area contributed by atoms with Gasteiger partial charge in [-0.15, -0.1) is 0 Å². The molecule has 0 rings (SSSR count). The maximum absolute atomic E-state index is 11.8. The quantitative estimate of drug-likeness (QED) is 0.0861. The number of hydrogen-bond acceptors (Lipinski definition) is 4. The molecule has 30 heavy (non-hydrogen) atoms. The molecule has 7 heteroatoms. The minimum absolute atomic E-state index is 0.173. The Morgan fingerprint density at radius 1 is 0.800 bits per heavy atom. The summed E-state index contributed by atoms with van der Waals surface area (Å²) in [4.78, 5) is 0. The first-order valence-electron chi connectivity index (χ1n) is 12.2. The number of hydrogen-bond donors (Lipinski definition) is 1. The first-order valence-corrected chi connectivity index (χ1v) is 15.4. The van der Waals surface area contributed by atoms with E-state index in [9.17, 15) is 8.42 Å². The average molecular weight is 562 g/mol. The van der Waals surface area contributed by atoms with E-state index in [1.54, 1.807) is 7.11 Å². The topological polar surface area (TPSA) is 64.6 Å². The van der Waals surface area contributed by atoms with Crippen molar-refractivity contribution in [1.29, 1.82) is 0 Å². The summed E-state index contributed by atoms with van der Waals surface area (Å²) in [6, 6.07) is 0. The summed E-state index contributed by atoms with van der Waals surface area (Å²) in [7, 11) is -1.60. The lowest BCUT2D eigenvalue weighted by Crippen LogP contribution is -2.37. The minimum atomic E-state index is -3.20. The van der Waals surface area contributed by atoms with Crippen molar-refractivity contribution in [3.8, 4) is 0 Å². The third-order valence-electron chi connectivity index (χ3n) is 5.36. The van der Waals surface area contributed by atoms with Crippen LogP contribution >= 0.6 is 22.6 Å². The second kappa shape index (κ2) is 22.7. The zero-order chi connectivity index (χ0) is 22.3. The molecule has 0 aromatic heterocycles. The van der Waals surface area contributed by atoms with Crippen molar-refractivity contribution in [2.45, 2.75) is 109 Å². The zero-order valence-corrected chi connectivity index (χ0v) is 22.6. The van der Waals surface area contributed by atoms with Gasteiger partial charge in [-0.25, -0.2) is 13.1 Å². The second-order valence-corrected chi connectivity index (χ2v) is 11.2. The molecule has 0 amide bonds. The van der Waals surface area contributed by atoms with Crippen LogP contribution in [0.15, 0.2) is 0 Å². The van der Waals surface area contributed by atoms with Gasteiger partial charge in [0.1, 0.15) is 0 Å². The maximum Gasteiger partial charge on any atom is 0.211 e. The van der Waals surface area contributed by atoms with E-state index >= 15 is 0 Å². The fourth-order valence-corrected chi connectivity index (χ4v) is 5.37.